The fourth-order valence-corrected chi connectivity index (χ4v) is 4.67. The molecule has 1 aliphatic heterocycles. The van der Waals surface area contributed by atoms with Crippen LogP contribution in [0.25, 0.3) is 17.3 Å². The number of benzene rings is 2. The Balaban J connectivity index is 1.73. The SMILES string of the molecule is COc1cc(C(=O)NCC2(c3cc(C(C)O)c(F)c(-c4ccc(F)cc4)n3)CC(O)CO2)cc(/C=C(/C)N)c1N. The number of pyridine rings is 1. The Morgan fingerprint density at radius 3 is 2.58 bits per heavy atom. The van der Waals surface area contributed by atoms with E-state index in [-0.39, 0.29) is 53.4 Å². The number of hydrogen-bond acceptors (Lipinski definition) is 8. The van der Waals surface area contributed by atoms with Gasteiger partial charge in [-0.25, -0.2) is 13.8 Å². The number of nitrogens with zero attached hydrogens (tertiary/aromatic N) is 1. The van der Waals surface area contributed by atoms with Crippen LogP contribution in [-0.2, 0) is 10.3 Å². The van der Waals surface area contributed by atoms with Gasteiger partial charge in [0.05, 0.1) is 43.9 Å². The molecule has 11 heteroatoms. The lowest BCUT2D eigenvalue weighted by molar-refractivity contribution is -0.00493. The van der Waals surface area contributed by atoms with Gasteiger partial charge in [-0.3, -0.25) is 4.79 Å². The molecular formula is C29H32F2N4O5. The van der Waals surface area contributed by atoms with E-state index in [1.165, 1.54) is 50.4 Å². The van der Waals surface area contributed by atoms with Crippen LogP contribution in [0.2, 0.25) is 0 Å². The number of rotatable bonds is 8. The second kappa shape index (κ2) is 11.6. The van der Waals surface area contributed by atoms with Crippen LogP contribution in [0.3, 0.4) is 0 Å². The van der Waals surface area contributed by atoms with Crippen LogP contribution in [0.1, 0.15) is 53.6 Å². The number of allylic oxidation sites excluding steroid dienone is 1. The topological polar surface area (TPSA) is 153 Å². The van der Waals surface area contributed by atoms with Crippen LogP contribution < -0.4 is 21.5 Å². The molecule has 212 valence electrons. The Labute approximate surface area is 230 Å². The number of carbonyl (C=O) groups is 1. The third-order valence-electron chi connectivity index (χ3n) is 6.71. The molecule has 40 heavy (non-hydrogen) atoms. The highest BCUT2D eigenvalue weighted by Gasteiger charge is 2.44. The average molecular weight is 555 g/mol. The molecule has 1 aliphatic rings. The van der Waals surface area contributed by atoms with E-state index in [9.17, 15) is 19.4 Å². The van der Waals surface area contributed by atoms with Crippen LogP contribution in [0.4, 0.5) is 14.5 Å². The van der Waals surface area contributed by atoms with Gasteiger partial charge in [-0.15, -0.1) is 0 Å². The molecule has 7 N–H and O–H groups in total. The zero-order valence-electron chi connectivity index (χ0n) is 22.4. The van der Waals surface area contributed by atoms with E-state index in [1.54, 1.807) is 19.1 Å². The van der Waals surface area contributed by atoms with Crippen molar-refractivity contribution in [2.75, 3.05) is 26.0 Å². The van der Waals surface area contributed by atoms with Crippen LogP contribution in [0, 0.1) is 11.6 Å². The average Bonchev–Trinajstić information content (AvgIpc) is 3.30. The van der Waals surface area contributed by atoms with E-state index in [2.05, 4.69) is 10.3 Å². The van der Waals surface area contributed by atoms with Gasteiger partial charge in [0, 0.05) is 34.4 Å². The highest BCUT2D eigenvalue weighted by molar-refractivity contribution is 5.96. The molecule has 3 atom stereocenters. The van der Waals surface area contributed by atoms with Crippen molar-refractivity contribution in [1.82, 2.24) is 10.3 Å². The fraction of sp³-hybridized carbons (Fsp3) is 0.310. The first-order valence-electron chi connectivity index (χ1n) is 12.6. The number of aliphatic hydroxyl groups excluding tert-OH is 2. The summed E-state index contributed by atoms with van der Waals surface area (Å²) in [6.45, 7) is 2.89. The lowest BCUT2D eigenvalue weighted by atomic mass is 9.91. The molecule has 0 bridgehead atoms. The molecule has 2 aromatic carbocycles. The maximum Gasteiger partial charge on any atom is 0.251 e. The van der Waals surface area contributed by atoms with Crippen molar-refractivity contribution in [2.45, 2.75) is 38.1 Å². The number of nitrogen functional groups attached to an aromatic ring is 1. The summed E-state index contributed by atoms with van der Waals surface area (Å²) in [6.07, 6.45) is -0.434. The number of carbonyl (C=O) groups excluding carboxylic acids is 1. The van der Waals surface area contributed by atoms with Gasteiger partial charge in [0.1, 0.15) is 22.9 Å². The predicted octanol–water partition coefficient (Wildman–Crippen LogP) is 3.40. The van der Waals surface area contributed by atoms with E-state index in [4.69, 9.17) is 20.9 Å². The second-order valence-corrected chi connectivity index (χ2v) is 9.86. The molecule has 4 rings (SSSR count). The van der Waals surface area contributed by atoms with Crippen LogP contribution in [0.15, 0.2) is 48.2 Å². The summed E-state index contributed by atoms with van der Waals surface area (Å²) >= 11 is 0. The smallest absolute Gasteiger partial charge is 0.251 e. The molecule has 1 aromatic heterocycles. The van der Waals surface area contributed by atoms with Gasteiger partial charge in [0.25, 0.3) is 5.91 Å². The lowest BCUT2D eigenvalue weighted by Crippen LogP contribution is -2.41. The number of aliphatic hydroxyl groups is 2. The normalized spacial score (nSPS) is 19.9. The summed E-state index contributed by atoms with van der Waals surface area (Å²) < 4.78 is 40.3. The Morgan fingerprint density at radius 1 is 1.30 bits per heavy atom. The molecule has 1 amide bonds. The summed E-state index contributed by atoms with van der Waals surface area (Å²) in [5, 5.41) is 23.5. The molecule has 0 aliphatic carbocycles. The Morgan fingerprint density at radius 2 is 2.00 bits per heavy atom. The Kier molecular flexibility index (Phi) is 8.38. The van der Waals surface area contributed by atoms with E-state index in [0.29, 0.717) is 16.9 Å². The fourth-order valence-electron chi connectivity index (χ4n) is 4.67. The highest BCUT2D eigenvalue weighted by atomic mass is 19.1. The van der Waals surface area contributed by atoms with Crippen molar-refractivity contribution in [3.8, 4) is 17.0 Å². The molecule has 2 heterocycles. The maximum atomic E-state index is 15.4. The molecule has 0 spiro atoms. The Bertz CT molecular complexity index is 1440. The molecule has 1 fully saturated rings. The number of hydrogen-bond donors (Lipinski definition) is 5. The third-order valence-corrected chi connectivity index (χ3v) is 6.71. The van der Waals surface area contributed by atoms with Gasteiger partial charge in [0.15, 0.2) is 5.82 Å². The number of amides is 1. The van der Waals surface area contributed by atoms with Gasteiger partial charge < -0.3 is 36.5 Å². The molecular weight excluding hydrogens is 522 g/mol. The minimum absolute atomic E-state index is 0.0411. The maximum absolute atomic E-state index is 15.4. The van der Waals surface area contributed by atoms with Crippen molar-refractivity contribution < 1.29 is 33.3 Å². The van der Waals surface area contributed by atoms with Gasteiger partial charge in [0.2, 0.25) is 0 Å². The minimum Gasteiger partial charge on any atom is -0.495 e. The highest BCUT2D eigenvalue weighted by Crippen LogP contribution is 2.39. The summed E-state index contributed by atoms with van der Waals surface area (Å²) in [6, 6.07) is 9.50. The molecule has 1 saturated heterocycles. The number of methoxy groups -OCH3 is 1. The largest absolute Gasteiger partial charge is 0.495 e. The van der Waals surface area contributed by atoms with E-state index >= 15 is 4.39 Å². The first kappa shape index (κ1) is 28.9. The summed E-state index contributed by atoms with van der Waals surface area (Å²) in [5.74, 6) is -1.48. The van der Waals surface area contributed by atoms with Gasteiger partial charge in [-0.1, -0.05) is 0 Å². The van der Waals surface area contributed by atoms with Crippen molar-refractivity contribution in [3.05, 3.63) is 82.2 Å². The molecule has 0 saturated carbocycles. The number of nitrogens with one attached hydrogen (secondary N) is 1. The number of nitrogens with two attached hydrogens (primary N) is 2. The number of halogens is 2. The quantitative estimate of drug-likeness (QED) is 0.266. The van der Waals surface area contributed by atoms with Crippen LogP contribution >= 0.6 is 0 Å². The third kappa shape index (κ3) is 5.91. The molecule has 0 radical (unpaired) electrons. The van der Waals surface area contributed by atoms with E-state index < -0.39 is 35.4 Å². The summed E-state index contributed by atoms with van der Waals surface area (Å²) in [5.41, 5.74) is 12.4. The van der Waals surface area contributed by atoms with Crippen molar-refractivity contribution in [1.29, 1.82) is 0 Å². The lowest BCUT2D eigenvalue weighted by Gasteiger charge is -2.29. The Hall–Kier alpha value is -4.06. The molecule has 3 unspecified atom stereocenters. The number of anilines is 1. The molecule has 9 nitrogen and oxygen atoms in total. The van der Waals surface area contributed by atoms with Crippen molar-refractivity contribution in [3.63, 3.8) is 0 Å². The zero-order valence-corrected chi connectivity index (χ0v) is 22.4. The van der Waals surface area contributed by atoms with Crippen LogP contribution in [0.5, 0.6) is 5.75 Å². The van der Waals surface area contributed by atoms with E-state index in [1.807, 2.05) is 0 Å². The van der Waals surface area contributed by atoms with Gasteiger partial charge in [-0.05, 0) is 62.4 Å². The second-order valence-electron chi connectivity index (χ2n) is 9.86. The number of ether oxygens (including phenoxy) is 2. The molecule has 3 aromatic rings. The van der Waals surface area contributed by atoms with Gasteiger partial charge in [-0.2, -0.15) is 0 Å². The zero-order chi connectivity index (χ0) is 29.2. The first-order valence-corrected chi connectivity index (χ1v) is 12.6. The van der Waals surface area contributed by atoms with Gasteiger partial charge >= 0.3 is 0 Å². The first-order chi connectivity index (χ1) is 18.9. The van der Waals surface area contributed by atoms with E-state index in [0.717, 1.165) is 0 Å². The number of aromatic nitrogens is 1. The minimum atomic E-state index is -1.35. The van der Waals surface area contributed by atoms with Crippen LogP contribution in [-0.4, -0.2) is 47.5 Å². The predicted molar refractivity (Wildman–Crippen MR) is 146 cm³/mol. The standard InChI is InChI=1S/C29H32F2N4O5/c1-15(32)8-18-9-19(10-23(39-3)26(18)33)28(38)34-14-29(12-21(37)13-40-29)24-11-22(16(2)36)25(31)27(35-24)17-4-6-20(30)7-5-17/h4-11,16,21,36-37H,12-14,32-33H2,1-3H3,(H,34,38)/b15-8-. The van der Waals surface area contributed by atoms with Crippen molar-refractivity contribution >= 4 is 17.7 Å². The van der Waals surface area contributed by atoms with Crippen molar-refractivity contribution in [2.24, 2.45) is 5.73 Å². The monoisotopic (exact) mass is 554 g/mol. The summed E-state index contributed by atoms with van der Waals surface area (Å²) in [7, 11) is 1.43. The summed E-state index contributed by atoms with van der Waals surface area (Å²) in [4.78, 5) is 17.8.